The van der Waals surface area contributed by atoms with Gasteiger partial charge in [-0.15, -0.1) is 0 Å². The molecule has 0 saturated carbocycles. The number of halogens is 2. The first-order valence-electron chi connectivity index (χ1n) is 6.04. The number of esters is 1. The van der Waals surface area contributed by atoms with Gasteiger partial charge in [-0.25, -0.2) is 8.78 Å². The molecule has 5 heteroatoms. The molecule has 1 aliphatic rings. The highest BCUT2D eigenvalue weighted by molar-refractivity contribution is 5.72. The molecule has 17 heavy (non-hydrogen) atoms. The SMILES string of the molecule is COC(=O)C(CN1CCC(F)(F)CC1)C(C)C. The average Bonchev–Trinajstić information content (AvgIpc) is 2.26. The lowest BCUT2D eigenvalue weighted by Gasteiger charge is -2.34. The fraction of sp³-hybridized carbons (Fsp3) is 0.917. The van der Waals surface area contributed by atoms with Gasteiger partial charge in [-0.3, -0.25) is 4.79 Å². The molecule has 1 saturated heterocycles. The van der Waals surface area contributed by atoms with Crippen LogP contribution in [-0.2, 0) is 9.53 Å². The first kappa shape index (κ1) is 14.4. The molecule has 100 valence electrons. The minimum absolute atomic E-state index is 0.112. The summed E-state index contributed by atoms with van der Waals surface area (Å²) in [6, 6.07) is 0. The van der Waals surface area contributed by atoms with Gasteiger partial charge in [-0.2, -0.15) is 0 Å². The Morgan fingerprint density at radius 3 is 2.29 bits per heavy atom. The van der Waals surface area contributed by atoms with Gasteiger partial charge in [0.1, 0.15) is 0 Å². The van der Waals surface area contributed by atoms with E-state index in [-0.39, 0.29) is 30.6 Å². The van der Waals surface area contributed by atoms with E-state index in [0.717, 1.165) is 0 Å². The number of carbonyl (C=O) groups is 1. The van der Waals surface area contributed by atoms with Crippen molar-refractivity contribution < 1.29 is 18.3 Å². The maximum Gasteiger partial charge on any atom is 0.310 e. The maximum atomic E-state index is 13.0. The topological polar surface area (TPSA) is 29.5 Å². The molecule has 1 heterocycles. The largest absolute Gasteiger partial charge is 0.469 e. The molecule has 0 amide bonds. The summed E-state index contributed by atoms with van der Waals surface area (Å²) in [6.45, 7) is 5.11. The Labute approximate surface area is 101 Å². The predicted octanol–water partition coefficient (Wildman–Crippen LogP) is 2.16. The first-order chi connectivity index (χ1) is 7.85. The van der Waals surface area contributed by atoms with E-state index >= 15 is 0 Å². The van der Waals surface area contributed by atoms with E-state index in [1.165, 1.54) is 7.11 Å². The maximum absolute atomic E-state index is 13.0. The zero-order chi connectivity index (χ0) is 13.1. The van der Waals surface area contributed by atoms with Gasteiger partial charge >= 0.3 is 5.97 Å². The van der Waals surface area contributed by atoms with Crippen LogP contribution in [-0.4, -0.2) is 43.5 Å². The standard InChI is InChI=1S/C12H21F2NO2/c1-9(2)10(11(16)17-3)8-15-6-4-12(13,14)5-7-15/h9-10H,4-8H2,1-3H3. The van der Waals surface area contributed by atoms with Crippen LogP contribution in [0.2, 0.25) is 0 Å². The number of hydrogen-bond donors (Lipinski definition) is 0. The van der Waals surface area contributed by atoms with E-state index in [1.54, 1.807) is 0 Å². The number of likely N-dealkylation sites (tertiary alicyclic amines) is 1. The first-order valence-corrected chi connectivity index (χ1v) is 6.04. The molecule has 1 aliphatic heterocycles. The van der Waals surface area contributed by atoms with Crippen LogP contribution in [0, 0.1) is 11.8 Å². The summed E-state index contributed by atoms with van der Waals surface area (Å²) in [5.74, 6) is -2.86. The van der Waals surface area contributed by atoms with Gasteiger partial charge < -0.3 is 9.64 Å². The molecule has 0 spiro atoms. The molecule has 0 aliphatic carbocycles. The van der Waals surface area contributed by atoms with Crippen molar-refractivity contribution in [3.8, 4) is 0 Å². The summed E-state index contributed by atoms with van der Waals surface area (Å²) < 4.78 is 30.7. The highest BCUT2D eigenvalue weighted by Crippen LogP contribution is 2.28. The highest BCUT2D eigenvalue weighted by Gasteiger charge is 2.35. The van der Waals surface area contributed by atoms with E-state index in [9.17, 15) is 13.6 Å². The molecule has 3 nitrogen and oxygen atoms in total. The quantitative estimate of drug-likeness (QED) is 0.715. The van der Waals surface area contributed by atoms with Crippen LogP contribution in [0.3, 0.4) is 0 Å². The number of hydrogen-bond acceptors (Lipinski definition) is 3. The second-order valence-electron chi connectivity index (χ2n) is 5.03. The lowest BCUT2D eigenvalue weighted by molar-refractivity contribution is -0.148. The number of ether oxygens (including phenoxy) is 1. The number of rotatable bonds is 4. The van der Waals surface area contributed by atoms with Crippen LogP contribution >= 0.6 is 0 Å². The van der Waals surface area contributed by atoms with Gasteiger partial charge in [-0.05, 0) is 5.92 Å². The highest BCUT2D eigenvalue weighted by atomic mass is 19.3. The molecule has 1 unspecified atom stereocenters. The molecule has 0 radical (unpaired) electrons. The Morgan fingerprint density at radius 1 is 1.35 bits per heavy atom. The number of methoxy groups -OCH3 is 1. The third-order valence-corrected chi connectivity index (χ3v) is 3.35. The number of carbonyl (C=O) groups excluding carboxylic acids is 1. The van der Waals surface area contributed by atoms with Gasteiger partial charge in [0.05, 0.1) is 13.0 Å². The number of piperidine rings is 1. The second-order valence-corrected chi connectivity index (χ2v) is 5.03. The molecule has 0 bridgehead atoms. The zero-order valence-electron chi connectivity index (χ0n) is 10.7. The summed E-state index contributed by atoms with van der Waals surface area (Å²) in [5, 5.41) is 0. The molecule has 1 rings (SSSR count). The summed E-state index contributed by atoms with van der Waals surface area (Å²) in [7, 11) is 1.36. The van der Waals surface area contributed by atoms with E-state index in [2.05, 4.69) is 0 Å². The molecule has 0 aromatic carbocycles. The summed E-state index contributed by atoms with van der Waals surface area (Å²) in [4.78, 5) is 13.5. The lowest BCUT2D eigenvalue weighted by Crippen LogP contribution is -2.44. The van der Waals surface area contributed by atoms with E-state index < -0.39 is 5.92 Å². The Bertz CT molecular complexity index is 259. The van der Waals surface area contributed by atoms with Crippen LogP contribution < -0.4 is 0 Å². The minimum atomic E-state index is -2.53. The Balaban J connectivity index is 2.49. The smallest absolute Gasteiger partial charge is 0.310 e. The lowest BCUT2D eigenvalue weighted by atomic mass is 9.94. The summed E-state index contributed by atoms with van der Waals surface area (Å²) >= 11 is 0. The third-order valence-electron chi connectivity index (χ3n) is 3.35. The van der Waals surface area contributed by atoms with Crippen LogP contribution in [0.1, 0.15) is 26.7 Å². The number of nitrogens with zero attached hydrogens (tertiary/aromatic N) is 1. The summed E-state index contributed by atoms with van der Waals surface area (Å²) in [5.41, 5.74) is 0. The van der Waals surface area contributed by atoms with Crippen molar-refractivity contribution in [2.75, 3.05) is 26.7 Å². The fourth-order valence-corrected chi connectivity index (χ4v) is 2.05. The van der Waals surface area contributed by atoms with E-state index in [4.69, 9.17) is 4.74 Å². The van der Waals surface area contributed by atoms with Gasteiger partial charge in [0.2, 0.25) is 0 Å². The Kier molecular flexibility index (Phi) is 4.86. The molecule has 0 N–H and O–H groups in total. The van der Waals surface area contributed by atoms with Crippen molar-refractivity contribution in [3.05, 3.63) is 0 Å². The second kappa shape index (κ2) is 5.76. The van der Waals surface area contributed by atoms with E-state index in [1.807, 2.05) is 18.7 Å². The zero-order valence-corrected chi connectivity index (χ0v) is 10.7. The van der Waals surface area contributed by atoms with E-state index in [0.29, 0.717) is 19.6 Å². The molecular weight excluding hydrogens is 228 g/mol. The van der Waals surface area contributed by atoms with Crippen LogP contribution in [0.4, 0.5) is 8.78 Å². The number of alkyl halides is 2. The molecule has 0 aromatic heterocycles. The van der Waals surface area contributed by atoms with Crippen LogP contribution in [0.15, 0.2) is 0 Å². The fourth-order valence-electron chi connectivity index (χ4n) is 2.05. The van der Waals surface area contributed by atoms with Gasteiger partial charge in [0, 0.05) is 32.5 Å². The normalized spacial score (nSPS) is 22.5. The van der Waals surface area contributed by atoms with Crippen LogP contribution in [0.25, 0.3) is 0 Å². The van der Waals surface area contributed by atoms with Crippen molar-refractivity contribution in [2.45, 2.75) is 32.6 Å². The molecular formula is C12H21F2NO2. The van der Waals surface area contributed by atoms with Gasteiger partial charge in [0.15, 0.2) is 0 Å². The minimum Gasteiger partial charge on any atom is -0.469 e. The van der Waals surface area contributed by atoms with Crippen molar-refractivity contribution >= 4 is 5.97 Å². The third kappa shape index (κ3) is 4.22. The predicted molar refractivity (Wildman–Crippen MR) is 61.0 cm³/mol. The van der Waals surface area contributed by atoms with Crippen molar-refractivity contribution in [2.24, 2.45) is 11.8 Å². The van der Waals surface area contributed by atoms with Crippen molar-refractivity contribution in [3.63, 3.8) is 0 Å². The van der Waals surface area contributed by atoms with Gasteiger partial charge in [-0.1, -0.05) is 13.8 Å². The van der Waals surface area contributed by atoms with Crippen molar-refractivity contribution in [1.29, 1.82) is 0 Å². The monoisotopic (exact) mass is 249 g/mol. The molecule has 1 fully saturated rings. The molecule has 0 aromatic rings. The Hall–Kier alpha value is -0.710. The average molecular weight is 249 g/mol. The van der Waals surface area contributed by atoms with Crippen LogP contribution in [0.5, 0.6) is 0 Å². The molecule has 1 atom stereocenters. The summed E-state index contributed by atoms with van der Waals surface area (Å²) in [6.07, 6.45) is -0.224. The van der Waals surface area contributed by atoms with Gasteiger partial charge in [0.25, 0.3) is 5.92 Å². The Morgan fingerprint density at radius 2 is 1.88 bits per heavy atom. The van der Waals surface area contributed by atoms with Crippen molar-refractivity contribution in [1.82, 2.24) is 4.90 Å².